The van der Waals surface area contributed by atoms with E-state index in [-0.39, 0.29) is 13.0 Å². The van der Waals surface area contributed by atoms with Gasteiger partial charge in [-0.15, -0.1) is 0 Å². The van der Waals surface area contributed by atoms with Gasteiger partial charge in [0, 0.05) is 5.92 Å². The molecule has 0 aromatic rings. The molecule has 2 fully saturated rings. The van der Waals surface area contributed by atoms with Crippen molar-refractivity contribution in [2.45, 2.75) is 63.8 Å². The Kier molecular flexibility index (Phi) is 5.17. The molecule has 4 nitrogen and oxygen atoms in total. The fraction of sp³-hybridized carbons (Fsp3) is 0.867. The van der Waals surface area contributed by atoms with E-state index in [9.17, 15) is 18.4 Å². The van der Waals surface area contributed by atoms with Gasteiger partial charge >= 0.3 is 6.09 Å². The third-order valence-electron chi connectivity index (χ3n) is 4.65. The maximum atomic E-state index is 12.5. The van der Waals surface area contributed by atoms with Crippen LogP contribution in [0.25, 0.3) is 0 Å². The molecule has 1 aliphatic carbocycles. The average Bonchev–Trinajstić information content (AvgIpc) is 2.79. The zero-order chi connectivity index (χ0) is 15.5. The van der Waals surface area contributed by atoms with Gasteiger partial charge in [-0.05, 0) is 18.8 Å². The minimum atomic E-state index is -2.95. The minimum absolute atomic E-state index is 0.170. The first-order valence-corrected chi connectivity index (χ1v) is 7.69. The van der Waals surface area contributed by atoms with Crippen molar-refractivity contribution in [3.63, 3.8) is 0 Å². The fourth-order valence-corrected chi connectivity index (χ4v) is 3.64. The first-order chi connectivity index (χ1) is 9.92. The number of ether oxygens (including phenoxy) is 1. The Labute approximate surface area is 123 Å². The summed E-state index contributed by atoms with van der Waals surface area (Å²) in [6.07, 6.45) is 3.21. The zero-order valence-electron chi connectivity index (χ0n) is 12.4. The van der Waals surface area contributed by atoms with Crippen LogP contribution in [0.2, 0.25) is 0 Å². The molecular weight excluding hydrogens is 280 g/mol. The van der Waals surface area contributed by atoms with E-state index in [1.807, 2.05) is 0 Å². The van der Waals surface area contributed by atoms with Crippen molar-refractivity contribution in [2.24, 2.45) is 11.8 Å². The van der Waals surface area contributed by atoms with E-state index in [0.717, 1.165) is 12.8 Å². The largest absolute Gasteiger partial charge is 0.447 e. The van der Waals surface area contributed by atoms with Crippen molar-refractivity contribution in [1.82, 2.24) is 5.32 Å². The molecule has 6 heteroatoms. The number of carbonyl (C=O) groups excluding carboxylic acids is 2. The summed E-state index contributed by atoms with van der Waals surface area (Å²) < 4.78 is 30.1. The maximum Gasteiger partial charge on any atom is 0.407 e. The summed E-state index contributed by atoms with van der Waals surface area (Å²) in [6, 6.07) is 0. The van der Waals surface area contributed by atoms with Gasteiger partial charge in [-0.25, -0.2) is 13.6 Å². The molecule has 1 aliphatic heterocycles. The van der Waals surface area contributed by atoms with Gasteiger partial charge in [0.1, 0.15) is 6.61 Å². The molecule has 0 spiro atoms. The van der Waals surface area contributed by atoms with Gasteiger partial charge in [0.05, 0.1) is 5.54 Å². The number of rotatable bonds is 6. The van der Waals surface area contributed by atoms with Crippen LogP contribution in [0.4, 0.5) is 13.6 Å². The fourth-order valence-electron chi connectivity index (χ4n) is 3.64. The molecule has 1 unspecified atom stereocenters. The zero-order valence-corrected chi connectivity index (χ0v) is 12.4. The molecule has 0 aromatic heterocycles. The van der Waals surface area contributed by atoms with Crippen LogP contribution in [0.5, 0.6) is 0 Å². The maximum absolute atomic E-state index is 12.5. The normalized spacial score (nSPS) is 28.3. The minimum Gasteiger partial charge on any atom is -0.447 e. The number of halogens is 2. The highest BCUT2D eigenvalue weighted by molar-refractivity contribution is 5.84. The second kappa shape index (κ2) is 6.71. The molecule has 1 saturated heterocycles. The molecule has 1 saturated carbocycles. The molecule has 0 bridgehead atoms. The Morgan fingerprint density at radius 2 is 2.05 bits per heavy atom. The molecule has 0 radical (unpaired) electrons. The van der Waals surface area contributed by atoms with Gasteiger partial charge in [0.2, 0.25) is 5.78 Å². The molecule has 2 atom stereocenters. The Bertz CT molecular complexity index is 396. The van der Waals surface area contributed by atoms with E-state index in [4.69, 9.17) is 4.74 Å². The topological polar surface area (TPSA) is 55.4 Å². The Morgan fingerprint density at radius 1 is 1.38 bits per heavy atom. The van der Waals surface area contributed by atoms with Gasteiger partial charge in [-0.1, -0.05) is 39.0 Å². The lowest BCUT2D eigenvalue weighted by Gasteiger charge is -2.34. The van der Waals surface area contributed by atoms with Crippen molar-refractivity contribution in [2.75, 3.05) is 6.61 Å². The summed E-state index contributed by atoms with van der Waals surface area (Å²) in [4.78, 5) is 22.9. The second-order valence-electron chi connectivity index (χ2n) is 6.50. The van der Waals surface area contributed by atoms with Crippen LogP contribution < -0.4 is 5.32 Å². The lowest BCUT2D eigenvalue weighted by molar-refractivity contribution is -0.133. The number of ketones is 1. The van der Waals surface area contributed by atoms with Gasteiger partial charge in [-0.2, -0.15) is 0 Å². The first kappa shape index (κ1) is 16.2. The van der Waals surface area contributed by atoms with Crippen LogP contribution in [-0.2, 0) is 9.53 Å². The monoisotopic (exact) mass is 303 g/mol. The second-order valence-corrected chi connectivity index (χ2v) is 6.50. The van der Waals surface area contributed by atoms with Crippen molar-refractivity contribution >= 4 is 11.9 Å². The quantitative estimate of drug-likeness (QED) is 0.819. The number of hydrogen-bond donors (Lipinski definition) is 1. The third kappa shape index (κ3) is 4.14. The lowest BCUT2D eigenvalue weighted by atomic mass is 9.76. The smallest absolute Gasteiger partial charge is 0.407 e. The van der Waals surface area contributed by atoms with E-state index < -0.39 is 29.8 Å². The number of alkyl halides is 2. The molecule has 2 aliphatic rings. The highest BCUT2D eigenvalue weighted by atomic mass is 19.3. The molecule has 120 valence electrons. The van der Waals surface area contributed by atoms with Crippen LogP contribution in [0.3, 0.4) is 0 Å². The lowest BCUT2D eigenvalue weighted by Crippen LogP contribution is -2.47. The van der Waals surface area contributed by atoms with E-state index in [1.54, 1.807) is 0 Å². The van der Waals surface area contributed by atoms with E-state index in [0.29, 0.717) is 12.3 Å². The van der Waals surface area contributed by atoms with Crippen molar-refractivity contribution in [3.8, 4) is 0 Å². The molecule has 2 rings (SSSR count). The summed E-state index contributed by atoms with van der Waals surface area (Å²) >= 11 is 0. The third-order valence-corrected chi connectivity index (χ3v) is 4.65. The summed E-state index contributed by atoms with van der Waals surface area (Å²) in [5.74, 6) is -1.37. The number of alkyl carbamates (subject to hydrolysis) is 1. The van der Waals surface area contributed by atoms with Gasteiger partial charge in [0.25, 0.3) is 6.43 Å². The van der Waals surface area contributed by atoms with Gasteiger partial charge in [0.15, 0.2) is 0 Å². The Hall–Kier alpha value is -1.20. The molecule has 1 heterocycles. The number of amides is 1. The van der Waals surface area contributed by atoms with Crippen LogP contribution >= 0.6 is 0 Å². The number of Topliss-reactive ketones (excluding diaryl/α,β-unsaturated/α-hetero) is 1. The summed E-state index contributed by atoms with van der Waals surface area (Å²) in [7, 11) is 0. The van der Waals surface area contributed by atoms with Crippen LogP contribution in [0, 0.1) is 11.8 Å². The van der Waals surface area contributed by atoms with E-state index in [2.05, 4.69) is 5.32 Å². The predicted octanol–water partition coefficient (Wildman–Crippen LogP) is 3.30. The summed E-state index contributed by atoms with van der Waals surface area (Å²) in [5.41, 5.74) is -0.664. The Morgan fingerprint density at radius 3 is 2.57 bits per heavy atom. The van der Waals surface area contributed by atoms with Crippen LogP contribution in [0.15, 0.2) is 0 Å². The molecule has 1 amide bonds. The standard InChI is InChI=1S/C15H23F2NO3/c1-10(12(19)13(16)17)7-15(9-21-14(20)18-15)8-11-5-3-2-4-6-11/h10-11,13H,2-9H2,1H3,(H,18,20)/t10?,15-/m1/s1. The van der Waals surface area contributed by atoms with E-state index >= 15 is 0 Å². The number of nitrogens with one attached hydrogen (secondary N) is 1. The molecular formula is C15H23F2NO3. The SMILES string of the molecule is CC(C[C@@]1(CC2CCCCC2)COC(=O)N1)C(=O)C(F)F. The average molecular weight is 303 g/mol. The number of hydrogen-bond acceptors (Lipinski definition) is 3. The van der Waals surface area contributed by atoms with Gasteiger partial charge in [-0.3, -0.25) is 4.79 Å². The first-order valence-electron chi connectivity index (χ1n) is 7.69. The van der Waals surface area contributed by atoms with Crippen molar-refractivity contribution < 1.29 is 23.1 Å². The predicted molar refractivity (Wildman–Crippen MR) is 73.2 cm³/mol. The highest BCUT2D eigenvalue weighted by Crippen LogP contribution is 2.36. The summed E-state index contributed by atoms with van der Waals surface area (Å²) in [6.45, 7) is 1.67. The Balaban J connectivity index is 2.02. The number of carbonyl (C=O) groups is 2. The van der Waals surface area contributed by atoms with Crippen LogP contribution in [0.1, 0.15) is 51.9 Å². The molecule has 1 N–H and O–H groups in total. The van der Waals surface area contributed by atoms with Crippen molar-refractivity contribution in [1.29, 1.82) is 0 Å². The van der Waals surface area contributed by atoms with E-state index in [1.165, 1.54) is 26.2 Å². The molecule has 21 heavy (non-hydrogen) atoms. The number of cyclic esters (lactones) is 1. The van der Waals surface area contributed by atoms with Gasteiger partial charge < -0.3 is 10.1 Å². The summed E-state index contributed by atoms with van der Waals surface area (Å²) in [5, 5.41) is 2.78. The molecule has 0 aromatic carbocycles. The van der Waals surface area contributed by atoms with Crippen molar-refractivity contribution in [3.05, 3.63) is 0 Å². The van der Waals surface area contributed by atoms with Crippen LogP contribution in [-0.4, -0.2) is 30.4 Å². The highest BCUT2D eigenvalue weighted by Gasteiger charge is 2.44.